The molecular formula is C17H16ClN5O2. The Bertz CT molecular complexity index is 920. The molecular weight excluding hydrogens is 342 g/mol. The molecule has 2 aromatic heterocycles. The first-order valence-electron chi connectivity index (χ1n) is 7.55. The predicted molar refractivity (Wildman–Crippen MR) is 94.2 cm³/mol. The molecule has 0 spiro atoms. The molecule has 0 atom stereocenters. The van der Waals surface area contributed by atoms with Gasteiger partial charge in [0.1, 0.15) is 5.65 Å². The zero-order valence-corrected chi connectivity index (χ0v) is 14.0. The van der Waals surface area contributed by atoms with Crippen LogP contribution in [-0.2, 0) is 13.1 Å². The topological polar surface area (TPSA) is 102 Å². The zero-order valence-electron chi connectivity index (χ0n) is 13.2. The van der Waals surface area contributed by atoms with Gasteiger partial charge in [0.25, 0.3) is 5.91 Å². The van der Waals surface area contributed by atoms with Crippen LogP contribution in [0.3, 0.4) is 0 Å². The Morgan fingerprint density at radius 2 is 1.80 bits per heavy atom. The molecule has 0 aliphatic carbocycles. The van der Waals surface area contributed by atoms with Gasteiger partial charge in [-0.15, -0.1) is 0 Å². The Kier molecular flexibility index (Phi) is 4.85. The van der Waals surface area contributed by atoms with E-state index in [0.29, 0.717) is 23.7 Å². The lowest BCUT2D eigenvalue weighted by Gasteiger charge is -2.05. The fraction of sp³-hybridized carbons (Fsp3) is 0.118. The van der Waals surface area contributed by atoms with E-state index in [1.165, 1.54) is 0 Å². The fourth-order valence-electron chi connectivity index (χ4n) is 2.34. The highest BCUT2D eigenvalue weighted by Crippen LogP contribution is 2.12. The van der Waals surface area contributed by atoms with E-state index in [2.05, 4.69) is 15.6 Å². The van der Waals surface area contributed by atoms with Crippen LogP contribution in [-0.4, -0.2) is 21.3 Å². The van der Waals surface area contributed by atoms with Crippen molar-refractivity contribution in [1.82, 2.24) is 20.0 Å². The third kappa shape index (κ3) is 4.27. The molecule has 1 aromatic carbocycles. The minimum atomic E-state index is -0.587. The van der Waals surface area contributed by atoms with Crippen LogP contribution in [0.1, 0.15) is 21.6 Å². The number of nitrogens with two attached hydrogens (primary N) is 1. The number of amides is 3. The normalized spacial score (nSPS) is 10.6. The number of carbonyl (C=O) groups is 2. The second-order valence-corrected chi connectivity index (χ2v) is 5.88. The van der Waals surface area contributed by atoms with E-state index in [9.17, 15) is 9.59 Å². The summed E-state index contributed by atoms with van der Waals surface area (Å²) in [6, 6.07) is 9.90. The summed E-state index contributed by atoms with van der Waals surface area (Å²) in [7, 11) is 0. The molecule has 0 radical (unpaired) electrons. The summed E-state index contributed by atoms with van der Waals surface area (Å²) >= 11 is 5.94. The summed E-state index contributed by atoms with van der Waals surface area (Å²) in [6.07, 6.45) is 3.58. The second-order valence-electron chi connectivity index (χ2n) is 5.44. The van der Waals surface area contributed by atoms with Crippen LogP contribution in [0.2, 0.25) is 5.02 Å². The van der Waals surface area contributed by atoms with Crippen molar-refractivity contribution in [2.45, 2.75) is 13.1 Å². The van der Waals surface area contributed by atoms with Crippen LogP contribution in [0.5, 0.6) is 0 Å². The van der Waals surface area contributed by atoms with Gasteiger partial charge in [-0.1, -0.05) is 23.7 Å². The number of hydrogen-bond acceptors (Lipinski definition) is 3. The molecule has 25 heavy (non-hydrogen) atoms. The number of imidazole rings is 1. The van der Waals surface area contributed by atoms with Gasteiger partial charge in [0.2, 0.25) is 0 Å². The molecule has 2 heterocycles. The molecule has 4 N–H and O–H groups in total. The number of nitrogens with zero attached hydrogens (tertiary/aromatic N) is 2. The molecule has 3 aromatic rings. The number of pyridine rings is 1. The van der Waals surface area contributed by atoms with E-state index in [4.69, 9.17) is 17.3 Å². The Hall–Kier alpha value is -3.06. The first-order valence-corrected chi connectivity index (χ1v) is 7.92. The summed E-state index contributed by atoms with van der Waals surface area (Å²) in [5.74, 6) is -0.204. The first kappa shape index (κ1) is 16.8. The predicted octanol–water partition coefficient (Wildman–Crippen LogP) is 2.09. The highest BCUT2D eigenvalue weighted by Gasteiger charge is 2.08. The van der Waals surface area contributed by atoms with E-state index < -0.39 is 6.03 Å². The summed E-state index contributed by atoms with van der Waals surface area (Å²) in [5, 5.41) is 5.93. The molecule has 128 valence electrons. The minimum Gasteiger partial charge on any atom is -0.352 e. The third-order valence-electron chi connectivity index (χ3n) is 3.58. The molecule has 0 saturated heterocycles. The summed E-state index contributed by atoms with van der Waals surface area (Å²) < 4.78 is 1.81. The molecule has 0 aliphatic rings. The van der Waals surface area contributed by atoms with E-state index >= 15 is 0 Å². The van der Waals surface area contributed by atoms with Gasteiger partial charge in [0, 0.05) is 24.5 Å². The molecule has 3 amide bonds. The average molecular weight is 358 g/mol. The van der Waals surface area contributed by atoms with E-state index in [1.807, 2.05) is 16.7 Å². The van der Waals surface area contributed by atoms with Gasteiger partial charge in [0.15, 0.2) is 0 Å². The quantitative estimate of drug-likeness (QED) is 0.651. The second kappa shape index (κ2) is 7.23. The Balaban J connectivity index is 1.60. The molecule has 8 heteroatoms. The number of primary amides is 1. The van der Waals surface area contributed by atoms with Crippen molar-refractivity contribution in [2.75, 3.05) is 0 Å². The third-order valence-corrected chi connectivity index (χ3v) is 3.80. The lowest BCUT2D eigenvalue weighted by molar-refractivity contribution is 0.0950. The highest BCUT2D eigenvalue weighted by molar-refractivity contribution is 6.30. The van der Waals surface area contributed by atoms with Gasteiger partial charge in [-0.25, -0.2) is 9.78 Å². The lowest BCUT2D eigenvalue weighted by Crippen LogP contribution is -2.28. The van der Waals surface area contributed by atoms with Crippen LogP contribution in [0.25, 0.3) is 5.65 Å². The number of urea groups is 1. The van der Waals surface area contributed by atoms with Gasteiger partial charge in [-0.2, -0.15) is 0 Å². The van der Waals surface area contributed by atoms with Crippen LogP contribution < -0.4 is 16.4 Å². The van der Waals surface area contributed by atoms with Gasteiger partial charge in [0.05, 0.1) is 17.3 Å². The van der Waals surface area contributed by atoms with Gasteiger partial charge in [-0.05, 0) is 29.8 Å². The number of aromatic nitrogens is 2. The van der Waals surface area contributed by atoms with E-state index in [-0.39, 0.29) is 5.91 Å². The molecule has 0 fully saturated rings. The van der Waals surface area contributed by atoms with Crippen molar-refractivity contribution in [3.63, 3.8) is 0 Å². The van der Waals surface area contributed by atoms with Crippen molar-refractivity contribution in [1.29, 1.82) is 0 Å². The summed E-state index contributed by atoms with van der Waals surface area (Å²) in [6.45, 7) is 0.629. The number of hydrogen-bond donors (Lipinski definition) is 3. The Morgan fingerprint density at radius 1 is 1.04 bits per heavy atom. The molecule has 0 bridgehead atoms. The van der Waals surface area contributed by atoms with Crippen LogP contribution in [0.15, 0.2) is 48.8 Å². The van der Waals surface area contributed by atoms with E-state index in [0.717, 1.165) is 16.9 Å². The summed E-state index contributed by atoms with van der Waals surface area (Å²) in [4.78, 5) is 27.3. The number of benzene rings is 1. The van der Waals surface area contributed by atoms with Crippen molar-refractivity contribution >= 4 is 29.2 Å². The van der Waals surface area contributed by atoms with Crippen molar-refractivity contribution in [2.24, 2.45) is 5.73 Å². The first-order chi connectivity index (χ1) is 12.0. The highest BCUT2D eigenvalue weighted by atomic mass is 35.5. The Morgan fingerprint density at radius 3 is 2.52 bits per heavy atom. The number of fused-ring (bicyclic) bond motifs is 1. The van der Waals surface area contributed by atoms with Crippen molar-refractivity contribution in [3.8, 4) is 0 Å². The molecule has 0 unspecified atom stereocenters. The smallest absolute Gasteiger partial charge is 0.312 e. The molecule has 0 saturated carbocycles. The van der Waals surface area contributed by atoms with Gasteiger partial charge in [-0.3, -0.25) is 4.79 Å². The van der Waals surface area contributed by atoms with Crippen LogP contribution >= 0.6 is 11.6 Å². The van der Waals surface area contributed by atoms with Crippen LogP contribution in [0.4, 0.5) is 4.79 Å². The zero-order chi connectivity index (χ0) is 17.8. The lowest BCUT2D eigenvalue weighted by atomic mass is 10.1. The van der Waals surface area contributed by atoms with Gasteiger partial charge >= 0.3 is 6.03 Å². The van der Waals surface area contributed by atoms with Gasteiger partial charge < -0.3 is 20.8 Å². The number of carbonyl (C=O) groups excluding carboxylic acids is 2. The fourth-order valence-corrected chi connectivity index (χ4v) is 2.51. The molecule has 0 aliphatic heterocycles. The van der Waals surface area contributed by atoms with Crippen molar-refractivity contribution in [3.05, 3.63) is 70.6 Å². The van der Waals surface area contributed by atoms with Crippen LogP contribution in [0, 0.1) is 0 Å². The number of nitrogens with one attached hydrogen (secondary N) is 2. The molecule has 7 nitrogen and oxygen atoms in total. The Labute approximate surface area is 148 Å². The van der Waals surface area contributed by atoms with E-state index in [1.54, 1.807) is 36.5 Å². The maximum atomic E-state index is 12.2. The van der Waals surface area contributed by atoms with Crippen molar-refractivity contribution < 1.29 is 9.59 Å². The maximum absolute atomic E-state index is 12.2. The maximum Gasteiger partial charge on any atom is 0.312 e. The summed E-state index contributed by atoms with van der Waals surface area (Å²) in [5.41, 5.74) is 7.90. The largest absolute Gasteiger partial charge is 0.352 e. The standard InChI is InChI=1S/C17H16ClN5O2/c18-13-5-6-15-22-14(10-23(15)9-13)8-20-16(24)12-3-1-11(2-4-12)7-21-17(19)25/h1-6,9-10H,7-8H2,(H,20,24)(H3,19,21,25). The average Bonchev–Trinajstić information content (AvgIpc) is 3.00. The monoisotopic (exact) mass is 357 g/mol. The minimum absolute atomic E-state index is 0.204. The SMILES string of the molecule is NC(=O)NCc1ccc(C(=O)NCc2cn3cc(Cl)ccc3n2)cc1. The number of rotatable bonds is 5. The number of halogens is 1. The molecule has 3 rings (SSSR count).